The van der Waals surface area contributed by atoms with E-state index < -0.39 is 0 Å². The lowest BCUT2D eigenvalue weighted by molar-refractivity contribution is 0.819. The molecule has 2 rings (SSSR count). The quantitative estimate of drug-likeness (QED) is 0.725. The summed E-state index contributed by atoms with van der Waals surface area (Å²) in [5.74, 6) is 0. The van der Waals surface area contributed by atoms with Gasteiger partial charge in [-0.15, -0.1) is 0 Å². The maximum absolute atomic E-state index is 5.98. The van der Waals surface area contributed by atoms with Crippen LogP contribution in [0.2, 0.25) is 0 Å². The van der Waals surface area contributed by atoms with E-state index in [0.717, 1.165) is 0 Å². The highest BCUT2D eigenvalue weighted by atomic mass is 14.6. The van der Waals surface area contributed by atoms with E-state index in [-0.39, 0.29) is 6.04 Å². The van der Waals surface area contributed by atoms with Crippen LogP contribution in [-0.4, -0.2) is 0 Å². The van der Waals surface area contributed by atoms with Crippen molar-refractivity contribution in [3.05, 3.63) is 47.5 Å². The van der Waals surface area contributed by atoms with Gasteiger partial charge in [-0.05, 0) is 35.7 Å². The lowest BCUT2D eigenvalue weighted by Gasteiger charge is -2.13. The second-order valence-electron chi connectivity index (χ2n) is 3.81. The van der Waals surface area contributed by atoms with Crippen molar-refractivity contribution in [3.63, 3.8) is 0 Å². The Morgan fingerprint density at radius 1 is 1.07 bits per heavy atom. The molecule has 0 saturated heterocycles. The van der Waals surface area contributed by atoms with Crippen LogP contribution in [0.5, 0.6) is 0 Å². The van der Waals surface area contributed by atoms with Crippen molar-refractivity contribution < 1.29 is 0 Å². The van der Waals surface area contributed by atoms with Gasteiger partial charge in [0.25, 0.3) is 0 Å². The van der Waals surface area contributed by atoms with Crippen molar-refractivity contribution in [2.75, 3.05) is 0 Å². The molecule has 0 heterocycles. The fourth-order valence-electron chi connectivity index (χ4n) is 2.01. The summed E-state index contributed by atoms with van der Waals surface area (Å²) in [4.78, 5) is 0. The van der Waals surface area contributed by atoms with Crippen molar-refractivity contribution in [1.82, 2.24) is 0 Å². The van der Waals surface area contributed by atoms with Gasteiger partial charge in [0.15, 0.2) is 0 Å². The van der Waals surface area contributed by atoms with Gasteiger partial charge in [0.2, 0.25) is 0 Å². The molecule has 0 aliphatic carbocycles. The van der Waals surface area contributed by atoms with Gasteiger partial charge in [-0.2, -0.15) is 0 Å². The minimum atomic E-state index is 0.0982. The van der Waals surface area contributed by atoms with Gasteiger partial charge in [-0.3, -0.25) is 0 Å². The zero-order valence-corrected chi connectivity index (χ0v) is 8.62. The lowest BCUT2D eigenvalue weighted by atomic mass is 9.95. The number of hydrogen-bond donors (Lipinski definition) is 1. The molecular weight excluding hydrogens is 170 g/mol. The molecule has 0 aromatic heterocycles. The molecule has 1 nitrogen and oxygen atoms in total. The van der Waals surface area contributed by atoms with E-state index in [0.29, 0.717) is 0 Å². The summed E-state index contributed by atoms with van der Waals surface area (Å²) in [6.45, 7) is 4.15. The molecule has 0 spiro atoms. The van der Waals surface area contributed by atoms with Crippen LogP contribution in [0.1, 0.15) is 24.1 Å². The molecule has 0 amide bonds. The molecule has 0 radical (unpaired) electrons. The molecule has 1 heteroatoms. The molecule has 0 aliphatic rings. The van der Waals surface area contributed by atoms with Gasteiger partial charge in [-0.25, -0.2) is 0 Å². The van der Waals surface area contributed by atoms with Crippen molar-refractivity contribution >= 4 is 10.8 Å². The summed E-state index contributed by atoms with van der Waals surface area (Å²) in [6.07, 6.45) is 0. The van der Waals surface area contributed by atoms with Crippen LogP contribution in [0.15, 0.2) is 36.4 Å². The second-order valence-corrected chi connectivity index (χ2v) is 3.81. The summed E-state index contributed by atoms with van der Waals surface area (Å²) >= 11 is 0. The zero-order valence-electron chi connectivity index (χ0n) is 8.62. The Kier molecular flexibility index (Phi) is 2.26. The first kappa shape index (κ1) is 9.22. The van der Waals surface area contributed by atoms with Crippen LogP contribution in [0.3, 0.4) is 0 Å². The van der Waals surface area contributed by atoms with Crippen LogP contribution >= 0.6 is 0 Å². The van der Waals surface area contributed by atoms with Gasteiger partial charge in [0.05, 0.1) is 0 Å². The standard InChI is InChI=1S/C13H15N/c1-9-7-8-11-5-3-4-6-12(11)13(9)10(2)14/h3-8,10H,14H2,1-2H3/t10-/m0/s1. The van der Waals surface area contributed by atoms with Crippen LogP contribution in [0, 0.1) is 6.92 Å². The molecular formula is C13H15N. The Hall–Kier alpha value is -1.34. The summed E-state index contributed by atoms with van der Waals surface area (Å²) in [5.41, 5.74) is 8.52. The average molecular weight is 185 g/mol. The number of rotatable bonds is 1. The van der Waals surface area contributed by atoms with E-state index in [1.807, 2.05) is 6.92 Å². The third-order valence-electron chi connectivity index (χ3n) is 2.64. The van der Waals surface area contributed by atoms with Gasteiger partial charge in [0, 0.05) is 6.04 Å². The van der Waals surface area contributed by atoms with Crippen LogP contribution in [0.25, 0.3) is 10.8 Å². The van der Waals surface area contributed by atoms with E-state index in [1.54, 1.807) is 0 Å². The highest BCUT2D eigenvalue weighted by Gasteiger charge is 2.07. The fourth-order valence-corrected chi connectivity index (χ4v) is 2.01. The van der Waals surface area contributed by atoms with E-state index in [9.17, 15) is 0 Å². The van der Waals surface area contributed by atoms with Crippen molar-refractivity contribution in [1.29, 1.82) is 0 Å². The van der Waals surface area contributed by atoms with Gasteiger partial charge in [0.1, 0.15) is 0 Å². The summed E-state index contributed by atoms with van der Waals surface area (Å²) in [5, 5.41) is 2.55. The predicted octanol–water partition coefficient (Wildman–Crippen LogP) is 3.17. The fraction of sp³-hybridized carbons (Fsp3) is 0.231. The molecule has 2 N–H and O–H groups in total. The molecule has 0 saturated carbocycles. The third kappa shape index (κ3) is 1.40. The van der Waals surface area contributed by atoms with Crippen molar-refractivity contribution in [2.24, 2.45) is 5.73 Å². The number of hydrogen-bond acceptors (Lipinski definition) is 1. The molecule has 14 heavy (non-hydrogen) atoms. The number of aryl methyl sites for hydroxylation is 1. The monoisotopic (exact) mass is 185 g/mol. The van der Waals surface area contributed by atoms with Crippen LogP contribution in [0.4, 0.5) is 0 Å². The van der Waals surface area contributed by atoms with Gasteiger partial charge >= 0.3 is 0 Å². The number of fused-ring (bicyclic) bond motifs is 1. The predicted molar refractivity (Wildman–Crippen MR) is 61.3 cm³/mol. The van der Waals surface area contributed by atoms with E-state index >= 15 is 0 Å². The van der Waals surface area contributed by atoms with E-state index in [4.69, 9.17) is 5.73 Å². The smallest absolute Gasteiger partial charge is 0.0274 e. The zero-order chi connectivity index (χ0) is 10.1. The molecule has 2 aromatic rings. The molecule has 72 valence electrons. The Morgan fingerprint density at radius 2 is 1.79 bits per heavy atom. The largest absolute Gasteiger partial charge is 0.324 e. The average Bonchev–Trinajstić information content (AvgIpc) is 2.17. The number of benzene rings is 2. The van der Waals surface area contributed by atoms with Crippen LogP contribution < -0.4 is 5.73 Å². The molecule has 0 fully saturated rings. The third-order valence-corrected chi connectivity index (χ3v) is 2.64. The minimum Gasteiger partial charge on any atom is -0.324 e. The Labute approximate surface area is 84.5 Å². The molecule has 0 unspecified atom stereocenters. The Morgan fingerprint density at radius 3 is 2.50 bits per heavy atom. The summed E-state index contributed by atoms with van der Waals surface area (Å²) in [7, 11) is 0. The summed E-state index contributed by atoms with van der Waals surface area (Å²) in [6, 6.07) is 12.8. The van der Waals surface area contributed by atoms with E-state index in [2.05, 4.69) is 43.3 Å². The highest BCUT2D eigenvalue weighted by Crippen LogP contribution is 2.25. The maximum Gasteiger partial charge on any atom is 0.0274 e. The normalized spacial score (nSPS) is 13.1. The molecule has 1 atom stereocenters. The molecule has 0 bridgehead atoms. The second kappa shape index (κ2) is 3.43. The SMILES string of the molecule is Cc1ccc2ccccc2c1[C@H](C)N. The maximum atomic E-state index is 5.98. The molecule has 0 aliphatic heterocycles. The van der Waals surface area contributed by atoms with Crippen molar-refractivity contribution in [3.8, 4) is 0 Å². The Bertz CT molecular complexity index is 458. The first-order valence-corrected chi connectivity index (χ1v) is 4.94. The summed E-state index contributed by atoms with van der Waals surface area (Å²) < 4.78 is 0. The topological polar surface area (TPSA) is 26.0 Å². The van der Waals surface area contributed by atoms with Crippen LogP contribution in [-0.2, 0) is 0 Å². The minimum absolute atomic E-state index is 0.0982. The first-order valence-electron chi connectivity index (χ1n) is 4.94. The van der Waals surface area contributed by atoms with Gasteiger partial charge in [-0.1, -0.05) is 36.4 Å². The highest BCUT2D eigenvalue weighted by molar-refractivity contribution is 5.87. The van der Waals surface area contributed by atoms with E-state index in [1.165, 1.54) is 21.9 Å². The molecule has 2 aromatic carbocycles. The lowest BCUT2D eigenvalue weighted by Crippen LogP contribution is -2.07. The van der Waals surface area contributed by atoms with Crippen molar-refractivity contribution in [2.45, 2.75) is 19.9 Å². The Balaban J connectivity index is 2.83. The van der Waals surface area contributed by atoms with Gasteiger partial charge < -0.3 is 5.73 Å². The first-order chi connectivity index (χ1) is 6.70. The number of nitrogens with two attached hydrogens (primary N) is 1.